The number of nitrogens with zero attached hydrogens (tertiary/aromatic N) is 2. The van der Waals surface area contributed by atoms with Gasteiger partial charge in [-0.1, -0.05) is 18.2 Å². The molecule has 1 aliphatic heterocycles. The van der Waals surface area contributed by atoms with E-state index in [0.29, 0.717) is 6.54 Å². The number of fused-ring (bicyclic) bond motifs is 2. The van der Waals surface area contributed by atoms with E-state index < -0.39 is 0 Å². The Morgan fingerprint density at radius 1 is 1.30 bits per heavy atom. The quantitative estimate of drug-likeness (QED) is 0.749. The van der Waals surface area contributed by atoms with Crippen LogP contribution >= 0.6 is 0 Å². The van der Waals surface area contributed by atoms with Crippen molar-refractivity contribution in [3.05, 3.63) is 41.3 Å². The third kappa shape index (κ3) is 1.48. The molecule has 0 atom stereocenters. The lowest BCUT2D eigenvalue weighted by Gasteiger charge is -2.04. The van der Waals surface area contributed by atoms with Gasteiger partial charge in [-0.3, -0.25) is 4.68 Å². The summed E-state index contributed by atoms with van der Waals surface area (Å²) >= 11 is 0. The fourth-order valence-corrected chi connectivity index (χ4v) is 3.42. The second-order valence-corrected chi connectivity index (χ2v) is 5.47. The first kappa shape index (κ1) is 11.7. The van der Waals surface area contributed by atoms with E-state index in [1.165, 1.54) is 39.8 Å². The van der Waals surface area contributed by atoms with Gasteiger partial charge in [-0.2, -0.15) is 5.10 Å². The standard InChI is InChI=1S/C16H18N4/c1-10-15(11-5-2-3-6-12(11)18-10)16-13(9-17)19-20-8-4-7-14(16)20/h2-3,5-6,18H,4,7-9,17H2,1H3. The van der Waals surface area contributed by atoms with E-state index >= 15 is 0 Å². The fraction of sp³-hybridized carbons (Fsp3) is 0.312. The van der Waals surface area contributed by atoms with Crippen LogP contribution < -0.4 is 5.73 Å². The molecule has 0 saturated heterocycles. The van der Waals surface area contributed by atoms with Gasteiger partial charge in [0.1, 0.15) is 0 Å². The normalized spacial score (nSPS) is 14.1. The Morgan fingerprint density at radius 2 is 2.15 bits per heavy atom. The van der Waals surface area contributed by atoms with Crippen molar-refractivity contribution in [3.63, 3.8) is 0 Å². The number of aryl methyl sites for hydroxylation is 2. The number of H-pyrrole nitrogens is 1. The molecular formula is C16H18N4. The summed E-state index contributed by atoms with van der Waals surface area (Å²) in [6.07, 6.45) is 2.28. The molecule has 0 amide bonds. The smallest absolute Gasteiger partial charge is 0.0842 e. The van der Waals surface area contributed by atoms with E-state index in [0.717, 1.165) is 18.7 Å². The maximum atomic E-state index is 5.93. The van der Waals surface area contributed by atoms with E-state index in [1.54, 1.807) is 0 Å². The predicted octanol–water partition coefficient (Wildman–Crippen LogP) is 2.74. The first-order valence-corrected chi connectivity index (χ1v) is 7.16. The van der Waals surface area contributed by atoms with Crippen molar-refractivity contribution in [3.8, 4) is 11.1 Å². The topological polar surface area (TPSA) is 59.6 Å². The van der Waals surface area contributed by atoms with E-state index in [1.807, 2.05) is 0 Å². The third-order valence-corrected chi connectivity index (χ3v) is 4.25. The fourth-order valence-electron chi connectivity index (χ4n) is 3.42. The van der Waals surface area contributed by atoms with Gasteiger partial charge in [-0.25, -0.2) is 0 Å². The van der Waals surface area contributed by atoms with Gasteiger partial charge >= 0.3 is 0 Å². The Kier molecular flexibility index (Phi) is 2.47. The molecule has 0 unspecified atom stereocenters. The molecule has 2 aromatic heterocycles. The number of hydrogen-bond donors (Lipinski definition) is 2. The van der Waals surface area contributed by atoms with Crippen LogP contribution in [-0.4, -0.2) is 14.8 Å². The van der Waals surface area contributed by atoms with Gasteiger partial charge in [0, 0.05) is 46.5 Å². The largest absolute Gasteiger partial charge is 0.358 e. The molecule has 20 heavy (non-hydrogen) atoms. The molecule has 1 aliphatic rings. The minimum Gasteiger partial charge on any atom is -0.358 e. The lowest BCUT2D eigenvalue weighted by atomic mass is 9.98. The van der Waals surface area contributed by atoms with Crippen molar-refractivity contribution in [2.24, 2.45) is 5.73 Å². The molecule has 0 fully saturated rings. The summed E-state index contributed by atoms with van der Waals surface area (Å²) < 4.78 is 2.14. The summed E-state index contributed by atoms with van der Waals surface area (Å²) in [5.41, 5.74) is 13.2. The molecule has 3 aromatic rings. The van der Waals surface area contributed by atoms with Gasteiger partial charge in [0.2, 0.25) is 0 Å². The Bertz CT molecular complexity index is 794. The molecule has 0 aliphatic carbocycles. The monoisotopic (exact) mass is 266 g/mol. The number of hydrogen-bond acceptors (Lipinski definition) is 2. The number of aromatic amines is 1. The summed E-state index contributed by atoms with van der Waals surface area (Å²) in [6.45, 7) is 3.65. The zero-order valence-corrected chi connectivity index (χ0v) is 11.6. The molecule has 102 valence electrons. The summed E-state index contributed by atoms with van der Waals surface area (Å²) in [7, 11) is 0. The van der Waals surface area contributed by atoms with Crippen LogP contribution in [0.3, 0.4) is 0 Å². The van der Waals surface area contributed by atoms with Crippen LogP contribution in [0, 0.1) is 6.92 Å². The van der Waals surface area contributed by atoms with Crippen LogP contribution in [0.25, 0.3) is 22.0 Å². The lowest BCUT2D eigenvalue weighted by Crippen LogP contribution is -2.01. The van der Waals surface area contributed by atoms with Crippen LogP contribution in [0.1, 0.15) is 23.5 Å². The van der Waals surface area contributed by atoms with Crippen LogP contribution in [0.5, 0.6) is 0 Å². The first-order chi connectivity index (χ1) is 9.79. The maximum absolute atomic E-state index is 5.93. The van der Waals surface area contributed by atoms with Crippen LogP contribution in [0.4, 0.5) is 0 Å². The highest BCUT2D eigenvalue weighted by molar-refractivity contribution is 5.98. The highest BCUT2D eigenvalue weighted by atomic mass is 15.3. The highest BCUT2D eigenvalue weighted by Gasteiger charge is 2.25. The van der Waals surface area contributed by atoms with Gasteiger partial charge in [0.25, 0.3) is 0 Å². The van der Waals surface area contributed by atoms with Gasteiger partial charge in [-0.05, 0) is 25.8 Å². The zero-order valence-electron chi connectivity index (χ0n) is 11.6. The molecule has 0 saturated carbocycles. The number of rotatable bonds is 2. The molecule has 3 N–H and O–H groups in total. The van der Waals surface area contributed by atoms with Gasteiger partial charge in [0.05, 0.1) is 5.69 Å². The average Bonchev–Trinajstić information content (AvgIpc) is 3.10. The van der Waals surface area contributed by atoms with Crippen molar-refractivity contribution in [2.75, 3.05) is 0 Å². The van der Waals surface area contributed by atoms with Crippen molar-refractivity contribution in [2.45, 2.75) is 32.9 Å². The summed E-state index contributed by atoms with van der Waals surface area (Å²) in [4.78, 5) is 3.48. The highest BCUT2D eigenvalue weighted by Crippen LogP contribution is 2.38. The summed E-state index contributed by atoms with van der Waals surface area (Å²) in [5.74, 6) is 0. The molecule has 0 bridgehead atoms. The third-order valence-electron chi connectivity index (χ3n) is 4.25. The van der Waals surface area contributed by atoms with Gasteiger partial charge in [-0.15, -0.1) is 0 Å². The van der Waals surface area contributed by atoms with Crippen LogP contribution in [0.2, 0.25) is 0 Å². The number of benzene rings is 1. The van der Waals surface area contributed by atoms with Crippen molar-refractivity contribution < 1.29 is 0 Å². The zero-order chi connectivity index (χ0) is 13.7. The molecule has 4 heteroatoms. The Balaban J connectivity index is 2.07. The molecule has 4 rings (SSSR count). The Labute approximate surface area is 117 Å². The second-order valence-electron chi connectivity index (χ2n) is 5.47. The lowest BCUT2D eigenvalue weighted by molar-refractivity contribution is 0.644. The summed E-state index contributed by atoms with van der Waals surface area (Å²) in [6, 6.07) is 8.45. The first-order valence-electron chi connectivity index (χ1n) is 7.16. The minimum atomic E-state index is 0.494. The Morgan fingerprint density at radius 3 is 3.00 bits per heavy atom. The predicted molar refractivity (Wildman–Crippen MR) is 80.5 cm³/mol. The number of nitrogens with two attached hydrogens (primary N) is 1. The van der Waals surface area contributed by atoms with Crippen LogP contribution in [-0.2, 0) is 19.5 Å². The number of aromatic nitrogens is 3. The van der Waals surface area contributed by atoms with E-state index in [2.05, 4.69) is 40.9 Å². The van der Waals surface area contributed by atoms with E-state index in [4.69, 9.17) is 10.8 Å². The molecule has 0 spiro atoms. The number of nitrogens with one attached hydrogen (secondary N) is 1. The van der Waals surface area contributed by atoms with E-state index in [-0.39, 0.29) is 0 Å². The molecule has 0 radical (unpaired) electrons. The van der Waals surface area contributed by atoms with Crippen molar-refractivity contribution in [1.29, 1.82) is 0 Å². The van der Waals surface area contributed by atoms with Gasteiger partial charge < -0.3 is 10.7 Å². The molecule has 4 nitrogen and oxygen atoms in total. The van der Waals surface area contributed by atoms with Crippen LogP contribution in [0.15, 0.2) is 24.3 Å². The molecular weight excluding hydrogens is 248 g/mol. The molecule has 3 heterocycles. The maximum Gasteiger partial charge on any atom is 0.0842 e. The second kappa shape index (κ2) is 4.21. The van der Waals surface area contributed by atoms with Crippen molar-refractivity contribution in [1.82, 2.24) is 14.8 Å². The van der Waals surface area contributed by atoms with E-state index in [9.17, 15) is 0 Å². The Hall–Kier alpha value is -2.07. The number of para-hydroxylation sites is 1. The SMILES string of the molecule is Cc1[nH]c2ccccc2c1-c1c(CN)nn2c1CCC2. The minimum absolute atomic E-state index is 0.494. The van der Waals surface area contributed by atoms with Gasteiger partial charge in [0.15, 0.2) is 0 Å². The average molecular weight is 266 g/mol. The van der Waals surface area contributed by atoms with Crippen molar-refractivity contribution >= 4 is 10.9 Å². The summed E-state index contributed by atoms with van der Waals surface area (Å²) in [5, 5.41) is 5.96. The molecule has 1 aromatic carbocycles.